The lowest BCUT2D eigenvalue weighted by Crippen LogP contribution is -2.29. The molecule has 0 bridgehead atoms. The van der Waals surface area contributed by atoms with Crippen LogP contribution < -0.4 is 20.7 Å². The summed E-state index contributed by atoms with van der Waals surface area (Å²) in [6, 6.07) is 10.6. The minimum Gasteiger partial charge on any atom is -0.487 e. The van der Waals surface area contributed by atoms with Crippen LogP contribution in [0, 0.1) is 6.92 Å². The van der Waals surface area contributed by atoms with Crippen molar-refractivity contribution < 1.29 is 9.47 Å². The molecule has 0 spiro atoms. The number of benzene rings is 2. The number of likely N-dealkylation sites (N-methyl/N-ethyl adjacent to an activating group) is 2. The number of para-hydroxylation sites is 1. The second-order valence-electron chi connectivity index (χ2n) is 10.5. The van der Waals surface area contributed by atoms with E-state index in [0.717, 1.165) is 60.7 Å². The highest BCUT2D eigenvalue weighted by atomic mass is 16.5. The molecule has 9 nitrogen and oxygen atoms in total. The van der Waals surface area contributed by atoms with Crippen molar-refractivity contribution in [2.75, 3.05) is 70.5 Å². The van der Waals surface area contributed by atoms with Crippen molar-refractivity contribution in [2.45, 2.75) is 26.3 Å². The van der Waals surface area contributed by atoms with Crippen LogP contribution in [0.2, 0.25) is 0 Å². The Hall–Kier alpha value is -3.82. The molecule has 0 radical (unpaired) electrons. The highest BCUT2D eigenvalue weighted by Gasteiger charge is 2.21. The van der Waals surface area contributed by atoms with Gasteiger partial charge in [-0.3, -0.25) is 0 Å². The van der Waals surface area contributed by atoms with Gasteiger partial charge in [-0.05, 0) is 57.1 Å². The van der Waals surface area contributed by atoms with E-state index in [2.05, 4.69) is 83.2 Å². The number of methoxy groups -OCH3 is 1. The van der Waals surface area contributed by atoms with Gasteiger partial charge in [0, 0.05) is 56.6 Å². The molecule has 0 amide bonds. The molecule has 9 heteroatoms. The molecule has 0 atom stereocenters. The maximum Gasteiger partial charge on any atom is 0.227 e. The van der Waals surface area contributed by atoms with Gasteiger partial charge in [-0.15, -0.1) is 0 Å². The summed E-state index contributed by atoms with van der Waals surface area (Å²) in [4.78, 5) is 13.9. The monoisotopic (exact) mass is 529 g/mol. The average molecular weight is 530 g/mol. The molecule has 1 aliphatic heterocycles. The molecule has 3 heterocycles. The summed E-state index contributed by atoms with van der Waals surface area (Å²) < 4.78 is 13.6. The first-order valence-electron chi connectivity index (χ1n) is 13.5. The first-order chi connectivity index (χ1) is 18.9. The number of ether oxygens (including phenoxy) is 2. The van der Waals surface area contributed by atoms with E-state index in [0.29, 0.717) is 30.6 Å². The Kier molecular flexibility index (Phi) is 7.90. The van der Waals surface area contributed by atoms with E-state index >= 15 is 0 Å². The zero-order chi connectivity index (χ0) is 27.5. The first kappa shape index (κ1) is 26.8. The predicted molar refractivity (Wildman–Crippen MR) is 159 cm³/mol. The molecule has 0 fully saturated rings. The quantitative estimate of drug-likeness (QED) is 0.213. The molecule has 0 aliphatic carbocycles. The summed E-state index contributed by atoms with van der Waals surface area (Å²) in [5.41, 5.74) is 14.6. The molecule has 2 aromatic heterocycles. The minimum atomic E-state index is 0.419. The van der Waals surface area contributed by atoms with Crippen molar-refractivity contribution in [1.29, 1.82) is 0 Å². The zero-order valence-electron chi connectivity index (χ0n) is 23.6. The number of anilines is 4. The van der Waals surface area contributed by atoms with Crippen molar-refractivity contribution in [3.05, 3.63) is 53.9 Å². The molecule has 5 rings (SSSR count). The van der Waals surface area contributed by atoms with Crippen LogP contribution in [0.3, 0.4) is 0 Å². The molecule has 0 unspecified atom stereocenters. The van der Waals surface area contributed by atoms with Crippen LogP contribution in [-0.2, 0) is 17.7 Å². The maximum atomic E-state index is 6.49. The highest BCUT2D eigenvalue weighted by molar-refractivity contribution is 5.98. The van der Waals surface area contributed by atoms with Crippen LogP contribution in [0.4, 0.5) is 23.0 Å². The Morgan fingerprint density at radius 3 is 2.77 bits per heavy atom. The van der Waals surface area contributed by atoms with E-state index in [1.54, 1.807) is 13.3 Å². The third-order valence-corrected chi connectivity index (χ3v) is 7.30. The Morgan fingerprint density at radius 2 is 1.97 bits per heavy atom. The third-order valence-electron chi connectivity index (χ3n) is 7.30. The summed E-state index contributed by atoms with van der Waals surface area (Å²) in [5, 5.41) is 4.59. The van der Waals surface area contributed by atoms with E-state index in [1.807, 2.05) is 6.07 Å². The Bertz CT molecular complexity index is 1460. The van der Waals surface area contributed by atoms with Gasteiger partial charge in [-0.2, -0.15) is 0 Å². The molecule has 206 valence electrons. The maximum absolute atomic E-state index is 6.49. The fourth-order valence-corrected chi connectivity index (χ4v) is 5.17. The molecular formula is C30H39N7O2. The second kappa shape index (κ2) is 11.5. The first-order valence-corrected chi connectivity index (χ1v) is 13.5. The summed E-state index contributed by atoms with van der Waals surface area (Å²) in [5.74, 6) is 1.13. The Labute approximate surface area is 230 Å². The smallest absolute Gasteiger partial charge is 0.227 e. The largest absolute Gasteiger partial charge is 0.487 e. The van der Waals surface area contributed by atoms with Gasteiger partial charge in [0.2, 0.25) is 5.95 Å². The van der Waals surface area contributed by atoms with Gasteiger partial charge < -0.3 is 34.9 Å². The fraction of sp³-hybridized carbons (Fsp3) is 0.400. The predicted octanol–water partition coefficient (Wildman–Crippen LogP) is 4.70. The second-order valence-corrected chi connectivity index (χ2v) is 10.5. The third kappa shape index (κ3) is 5.65. The summed E-state index contributed by atoms with van der Waals surface area (Å²) in [6.07, 6.45) is 6.17. The topological polar surface area (TPSA) is 93.7 Å². The molecule has 3 N–H and O–H groups in total. The molecule has 0 saturated heterocycles. The van der Waals surface area contributed by atoms with Gasteiger partial charge >= 0.3 is 0 Å². The lowest BCUT2D eigenvalue weighted by Gasteiger charge is -2.24. The van der Waals surface area contributed by atoms with Crippen LogP contribution in [0.15, 0.2) is 42.7 Å². The summed E-state index contributed by atoms with van der Waals surface area (Å²) in [6.45, 7) is 5.80. The van der Waals surface area contributed by atoms with Crippen molar-refractivity contribution in [2.24, 2.45) is 0 Å². The molecule has 39 heavy (non-hydrogen) atoms. The Morgan fingerprint density at radius 1 is 1.13 bits per heavy atom. The highest BCUT2D eigenvalue weighted by Crippen LogP contribution is 2.39. The molecule has 2 aromatic carbocycles. The number of nitrogens with two attached hydrogens (primary N) is 1. The Balaban J connectivity index is 1.50. The van der Waals surface area contributed by atoms with Crippen LogP contribution >= 0.6 is 0 Å². The van der Waals surface area contributed by atoms with Gasteiger partial charge in [0.25, 0.3) is 0 Å². The van der Waals surface area contributed by atoms with Crippen LogP contribution in [0.25, 0.3) is 22.2 Å². The van der Waals surface area contributed by atoms with Gasteiger partial charge in [-0.25, -0.2) is 9.97 Å². The number of rotatable bonds is 11. The SMILES string of the molecule is COCCOc1cnc(Nc2cc(N)c(N(C)CCN(C)C)cc2C)nc1-c1cn2c3c(cccc13)CCC2. The summed E-state index contributed by atoms with van der Waals surface area (Å²) in [7, 11) is 7.87. The number of hydrogen-bond donors (Lipinski definition) is 2. The van der Waals surface area contributed by atoms with Crippen LogP contribution in [-0.4, -0.2) is 74.0 Å². The lowest BCUT2D eigenvalue weighted by molar-refractivity contribution is 0.146. The number of hydrogen-bond acceptors (Lipinski definition) is 8. The fourth-order valence-electron chi connectivity index (χ4n) is 5.17. The summed E-state index contributed by atoms with van der Waals surface area (Å²) >= 11 is 0. The van der Waals surface area contributed by atoms with Crippen LogP contribution in [0.5, 0.6) is 5.75 Å². The molecular weight excluding hydrogens is 490 g/mol. The van der Waals surface area contributed by atoms with E-state index in [1.165, 1.54) is 16.5 Å². The van der Waals surface area contributed by atoms with E-state index in [9.17, 15) is 0 Å². The molecule has 1 aliphatic rings. The van der Waals surface area contributed by atoms with Gasteiger partial charge in [0.15, 0.2) is 5.75 Å². The van der Waals surface area contributed by atoms with Gasteiger partial charge in [-0.1, -0.05) is 18.2 Å². The van der Waals surface area contributed by atoms with Gasteiger partial charge in [0.1, 0.15) is 12.3 Å². The van der Waals surface area contributed by atoms with Crippen molar-refractivity contribution >= 4 is 33.9 Å². The minimum absolute atomic E-state index is 0.419. The number of nitrogens with one attached hydrogen (secondary N) is 1. The van der Waals surface area contributed by atoms with Crippen molar-refractivity contribution in [1.82, 2.24) is 19.4 Å². The number of nitrogens with zero attached hydrogens (tertiary/aromatic N) is 5. The van der Waals surface area contributed by atoms with Crippen LogP contribution in [0.1, 0.15) is 17.5 Å². The molecule has 4 aromatic rings. The molecule has 0 saturated carbocycles. The normalized spacial score (nSPS) is 12.8. The van der Waals surface area contributed by atoms with Gasteiger partial charge in [0.05, 0.1) is 29.7 Å². The number of nitrogen functional groups attached to an aromatic ring is 1. The number of aryl methyl sites for hydroxylation is 3. The zero-order valence-corrected chi connectivity index (χ0v) is 23.6. The van der Waals surface area contributed by atoms with Crippen molar-refractivity contribution in [3.63, 3.8) is 0 Å². The van der Waals surface area contributed by atoms with E-state index in [4.69, 9.17) is 20.2 Å². The lowest BCUT2D eigenvalue weighted by atomic mass is 10.0. The standard InChI is InChI=1S/C30H39N7O2/c1-20-16-26(36(4)13-12-35(2)3)24(31)17-25(20)33-30-32-18-27(39-15-14-38-5)28(34-30)23-19-37-11-7-9-21-8-6-10-22(23)29(21)37/h6,8,10,16-19H,7,9,11-15,31H2,1-5H3,(H,32,33,34). The average Bonchev–Trinajstić information content (AvgIpc) is 3.30. The van der Waals surface area contributed by atoms with E-state index < -0.39 is 0 Å². The number of aromatic nitrogens is 3. The van der Waals surface area contributed by atoms with Crippen molar-refractivity contribution in [3.8, 4) is 17.0 Å². The van der Waals surface area contributed by atoms with E-state index in [-0.39, 0.29) is 0 Å².